The third kappa shape index (κ3) is 3.69. The van der Waals surface area contributed by atoms with Crippen LogP contribution in [-0.2, 0) is 6.18 Å². The fourth-order valence-corrected chi connectivity index (χ4v) is 4.79. The largest absolute Gasteiger partial charge is 0.486 e. The summed E-state index contributed by atoms with van der Waals surface area (Å²) < 4.78 is 45.7. The zero-order valence-electron chi connectivity index (χ0n) is 16.5. The minimum Gasteiger partial charge on any atom is -0.486 e. The number of halogens is 3. The molecular formula is C24H22F3NO2. The van der Waals surface area contributed by atoms with Crippen molar-refractivity contribution in [3.63, 3.8) is 0 Å². The molecule has 0 bridgehead atoms. The maximum Gasteiger partial charge on any atom is 0.416 e. The third-order valence-corrected chi connectivity index (χ3v) is 6.28. The normalized spacial score (nSPS) is 20.3. The maximum atomic E-state index is 13.3. The van der Waals surface area contributed by atoms with E-state index < -0.39 is 17.3 Å². The Hall–Kier alpha value is -2.81. The topological polar surface area (TPSA) is 50.1 Å². The maximum absolute atomic E-state index is 13.3. The fraction of sp³-hybridized carbons (Fsp3) is 0.417. The van der Waals surface area contributed by atoms with Gasteiger partial charge < -0.3 is 4.74 Å². The first-order chi connectivity index (χ1) is 14.3. The summed E-state index contributed by atoms with van der Waals surface area (Å²) in [6, 6.07) is 12.3. The lowest BCUT2D eigenvalue weighted by Crippen LogP contribution is -2.51. The Labute approximate surface area is 173 Å². The van der Waals surface area contributed by atoms with Gasteiger partial charge in [0.05, 0.1) is 23.1 Å². The molecule has 1 aliphatic heterocycles. The lowest BCUT2D eigenvalue weighted by atomic mass is 9.69. The lowest BCUT2D eigenvalue weighted by Gasteiger charge is -2.46. The molecule has 1 fully saturated rings. The molecule has 156 valence electrons. The number of alkyl halides is 3. The number of benzene rings is 2. The number of ketones is 1. The number of nitriles is 1. The molecule has 30 heavy (non-hydrogen) atoms. The van der Waals surface area contributed by atoms with Gasteiger partial charge in [-0.1, -0.05) is 24.6 Å². The Balaban J connectivity index is 1.74. The second-order valence-corrected chi connectivity index (χ2v) is 8.13. The molecule has 0 aromatic heterocycles. The highest BCUT2D eigenvalue weighted by Gasteiger charge is 2.49. The summed E-state index contributed by atoms with van der Waals surface area (Å²) in [7, 11) is 0. The second-order valence-electron chi connectivity index (χ2n) is 8.13. The van der Waals surface area contributed by atoms with Gasteiger partial charge in [-0.15, -0.1) is 0 Å². The monoisotopic (exact) mass is 413 g/mol. The third-order valence-electron chi connectivity index (χ3n) is 6.28. The molecule has 0 amide bonds. The van der Waals surface area contributed by atoms with Crippen molar-refractivity contribution < 1.29 is 22.7 Å². The van der Waals surface area contributed by atoms with Gasteiger partial charge in [0.25, 0.3) is 0 Å². The van der Waals surface area contributed by atoms with E-state index in [2.05, 4.69) is 6.07 Å². The Kier molecular flexibility index (Phi) is 5.31. The van der Waals surface area contributed by atoms with Gasteiger partial charge in [-0.25, -0.2) is 0 Å². The molecular weight excluding hydrogens is 391 g/mol. The van der Waals surface area contributed by atoms with Crippen molar-refractivity contribution in [2.45, 2.75) is 56.7 Å². The molecule has 0 N–H and O–H groups in total. The molecule has 3 nitrogen and oxygen atoms in total. The molecule has 1 unspecified atom stereocenters. The van der Waals surface area contributed by atoms with Crippen LogP contribution in [0.1, 0.15) is 60.9 Å². The van der Waals surface area contributed by atoms with E-state index in [1.54, 1.807) is 24.3 Å². The number of hydrogen-bond donors (Lipinski definition) is 0. The van der Waals surface area contributed by atoms with Crippen molar-refractivity contribution in [1.29, 1.82) is 5.26 Å². The van der Waals surface area contributed by atoms with Crippen LogP contribution in [-0.4, -0.2) is 11.4 Å². The summed E-state index contributed by atoms with van der Waals surface area (Å²) in [5.41, 5.74) is 0.119. The Morgan fingerprint density at radius 3 is 2.50 bits per heavy atom. The van der Waals surface area contributed by atoms with E-state index in [-0.39, 0.29) is 11.7 Å². The molecule has 2 aromatic carbocycles. The second kappa shape index (κ2) is 7.79. The average Bonchev–Trinajstić information content (AvgIpc) is 2.73. The van der Waals surface area contributed by atoms with Crippen LogP contribution in [0.5, 0.6) is 5.75 Å². The van der Waals surface area contributed by atoms with Crippen LogP contribution in [0, 0.1) is 17.2 Å². The highest BCUT2D eigenvalue weighted by atomic mass is 19.4. The number of hydrogen-bond acceptors (Lipinski definition) is 3. The van der Waals surface area contributed by atoms with E-state index in [1.807, 2.05) is 0 Å². The number of carbonyl (C=O) groups excluding carboxylic acids is 1. The number of Topliss-reactive ketones (excluding diaryl/α,β-unsaturated/α-hetero) is 1. The molecule has 1 atom stereocenters. The predicted octanol–water partition coefficient (Wildman–Crippen LogP) is 6.57. The molecule has 1 saturated carbocycles. The molecule has 1 spiro atoms. The standard InChI is InChI=1S/C24H22F3NO2/c25-24(26,27)18-7-4-6-16(14-18)17-9-10-19-21(15-17)30-23(11-2-1-3-12-23)20(22(19)29)8-5-13-28/h4,6-7,9-10,14-15,20H,1-3,5,8,11-12H2. The molecule has 6 heteroatoms. The highest BCUT2D eigenvalue weighted by Crippen LogP contribution is 2.47. The quantitative estimate of drug-likeness (QED) is 0.572. The first-order valence-corrected chi connectivity index (χ1v) is 10.3. The van der Waals surface area contributed by atoms with E-state index in [1.165, 1.54) is 6.07 Å². The zero-order valence-corrected chi connectivity index (χ0v) is 16.5. The summed E-state index contributed by atoms with van der Waals surface area (Å²) in [6.45, 7) is 0. The summed E-state index contributed by atoms with van der Waals surface area (Å²) >= 11 is 0. The number of carbonyl (C=O) groups is 1. The van der Waals surface area contributed by atoms with Gasteiger partial charge in [0.1, 0.15) is 11.4 Å². The van der Waals surface area contributed by atoms with Gasteiger partial charge in [-0.05, 0) is 67.5 Å². The molecule has 4 rings (SSSR count). The number of ether oxygens (including phenoxy) is 1. The molecule has 0 saturated heterocycles. The first-order valence-electron chi connectivity index (χ1n) is 10.3. The Bertz CT molecular complexity index is 1000. The smallest absolute Gasteiger partial charge is 0.416 e. The van der Waals surface area contributed by atoms with E-state index in [0.29, 0.717) is 35.3 Å². The predicted molar refractivity (Wildman–Crippen MR) is 106 cm³/mol. The molecule has 1 aliphatic carbocycles. The van der Waals surface area contributed by atoms with E-state index in [9.17, 15) is 18.0 Å². The van der Waals surface area contributed by atoms with Crippen LogP contribution in [0.2, 0.25) is 0 Å². The van der Waals surface area contributed by atoms with Crippen LogP contribution >= 0.6 is 0 Å². The van der Waals surface area contributed by atoms with Crippen molar-refractivity contribution in [3.05, 3.63) is 53.6 Å². The fourth-order valence-electron chi connectivity index (χ4n) is 4.79. The van der Waals surface area contributed by atoms with Crippen LogP contribution < -0.4 is 4.74 Å². The van der Waals surface area contributed by atoms with E-state index in [0.717, 1.165) is 44.2 Å². The van der Waals surface area contributed by atoms with Gasteiger partial charge in [-0.3, -0.25) is 4.79 Å². The summed E-state index contributed by atoms with van der Waals surface area (Å²) in [5, 5.41) is 9.03. The van der Waals surface area contributed by atoms with Crippen molar-refractivity contribution in [1.82, 2.24) is 0 Å². The summed E-state index contributed by atoms with van der Waals surface area (Å²) in [5.74, 6) is 0.0540. The van der Waals surface area contributed by atoms with Crippen molar-refractivity contribution >= 4 is 5.78 Å². The first kappa shape index (κ1) is 20.5. The van der Waals surface area contributed by atoms with Gasteiger partial charge in [0.2, 0.25) is 0 Å². The van der Waals surface area contributed by atoms with Crippen molar-refractivity contribution in [3.8, 4) is 22.9 Å². The minimum absolute atomic E-state index is 0.0241. The average molecular weight is 413 g/mol. The van der Waals surface area contributed by atoms with Gasteiger partial charge in [0, 0.05) is 6.42 Å². The summed E-state index contributed by atoms with van der Waals surface area (Å²) in [4.78, 5) is 13.3. The molecule has 1 heterocycles. The molecule has 2 aliphatic rings. The van der Waals surface area contributed by atoms with Crippen LogP contribution in [0.25, 0.3) is 11.1 Å². The number of fused-ring (bicyclic) bond motifs is 1. The van der Waals surface area contributed by atoms with Crippen molar-refractivity contribution in [2.75, 3.05) is 0 Å². The SMILES string of the molecule is N#CCCC1C(=O)c2ccc(-c3cccc(C(F)(F)F)c3)cc2OC12CCCCC2. The number of rotatable bonds is 3. The van der Waals surface area contributed by atoms with Crippen molar-refractivity contribution in [2.24, 2.45) is 5.92 Å². The lowest BCUT2D eigenvalue weighted by molar-refractivity contribution is -0.137. The van der Waals surface area contributed by atoms with Gasteiger partial charge in [0.15, 0.2) is 5.78 Å². The molecule has 2 aromatic rings. The molecule has 0 radical (unpaired) electrons. The van der Waals surface area contributed by atoms with Crippen LogP contribution in [0.15, 0.2) is 42.5 Å². The Morgan fingerprint density at radius 1 is 1.07 bits per heavy atom. The summed E-state index contributed by atoms with van der Waals surface area (Å²) in [6.07, 6.45) is 0.837. The van der Waals surface area contributed by atoms with Gasteiger partial charge in [-0.2, -0.15) is 18.4 Å². The minimum atomic E-state index is -4.42. The van der Waals surface area contributed by atoms with Gasteiger partial charge >= 0.3 is 6.18 Å². The van der Waals surface area contributed by atoms with E-state index in [4.69, 9.17) is 10.00 Å². The van der Waals surface area contributed by atoms with E-state index >= 15 is 0 Å². The number of nitrogens with zero attached hydrogens (tertiary/aromatic N) is 1. The van der Waals surface area contributed by atoms with Crippen LogP contribution in [0.3, 0.4) is 0 Å². The Morgan fingerprint density at radius 2 is 1.80 bits per heavy atom. The van der Waals surface area contributed by atoms with Crippen LogP contribution in [0.4, 0.5) is 13.2 Å². The highest BCUT2D eigenvalue weighted by molar-refractivity contribution is 6.02. The zero-order chi connectivity index (χ0) is 21.4.